The van der Waals surface area contributed by atoms with E-state index in [1.165, 1.54) is 0 Å². The Morgan fingerprint density at radius 1 is 1.10 bits per heavy atom. The molecule has 0 amide bonds. The summed E-state index contributed by atoms with van der Waals surface area (Å²) in [5, 5.41) is 0. The molecule has 2 heteroatoms. The van der Waals surface area contributed by atoms with Gasteiger partial charge in [0.05, 0.1) is 0 Å². The molecule has 64 valence electrons. The Balaban J connectivity index is 0. The van der Waals surface area contributed by atoms with Crippen molar-refractivity contribution in [3.8, 4) is 0 Å². The average Bonchev–Trinajstić information content (AvgIpc) is 2.03. The van der Waals surface area contributed by atoms with E-state index in [2.05, 4.69) is 20.8 Å². The topological polar surface area (TPSA) is 52.0 Å². The summed E-state index contributed by atoms with van der Waals surface area (Å²) in [7, 11) is 0. The molecule has 0 aromatic heterocycles. The Morgan fingerprint density at radius 3 is 1.40 bits per heavy atom. The van der Waals surface area contributed by atoms with Gasteiger partial charge in [-0.15, -0.1) is 0 Å². The second-order valence-electron chi connectivity index (χ2n) is 2.37. The molecule has 0 aromatic rings. The van der Waals surface area contributed by atoms with Crippen LogP contribution < -0.4 is 11.5 Å². The van der Waals surface area contributed by atoms with Crippen molar-refractivity contribution in [1.82, 2.24) is 0 Å². The molecule has 0 aromatic carbocycles. The van der Waals surface area contributed by atoms with E-state index >= 15 is 0 Å². The zero-order chi connectivity index (χ0) is 8.41. The molecule has 4 N–H and O–H groups in total. The van der Waals surface area contributed by atoms with E-state index in [-0.39, 0.29) is 0 Å². The molecule has 0 atom stereocenters. The fourth-order valence-electron chi connectivity index (χ4n) is 0.289. The van der Waals surface area contributed by atoms with Crippen LogP contribution in [0.5, 0.6) is 0 Å². The highest BCUT2D eigenvalue weighted by Gasteiger charge is 1.88. The largest absolute Gasteiger partial charge is 0.330 e. The first-order valence-electron chi connectivity index (χ1n) is 4.18. The van der Waals surface area contributed by atoms with Gasteiger partial charge in [-0.05, 0) is 25.8 Å². The van der Waals surface area contributed by atoms with Gasteiger partial charge < -0.3 is 11.5 Å². The average molecular weight is 146 g/mol. The Kier molecular flexibility index (Phi) is 14.7. The smallest absolute Gasteiger partial charge is 0.00335 e. The lowest BCUT2D eigenvalue weighted by Gasteiger charge is -1.99. The standard InChI is InChI=1S/C5H13N.C3H9N/c1-3-5(6)4-2;1-2-3-4/h5H,3-4,6H2,1-2H3;2-4H2,1H3. The van der Waals surface area contributed by atoms with Gasteiger partial charge >= 0.3 is 0 Å². The molecule has 0 rings (SSSR count). The van der Waals surface area contributed by atoms with Gasteiger partial charge in [-0.2, -0.15) is 0 Å². The number of hydrogen-bond donors (Lipinski definition) is 2. The normalized spacial score (nSPS) is 9.00. The summed E-state index contributed by atoms with van der Waals surface area (Å²) >= 11 is 0. The first-order valence-corrected chi connectivity index (χ1v) is 4.18. The quantitative estimate of drug-likeness (QED) is 0.634. The van der Waals surface area contributed by atoms with E-state index in [1.807, 2.05) is 0 Å². The monoisotopic (exact) mass is 146 g/mol. The van der Waals surface area contributed by atoms with Crippen LogP contribution in [0.3, 0.4) is 0 Å². The fourth-order valence-corrected chi connectivity index (χ4v) is 0.289. The van der Waals surface area contributed by atoms with Crippen molar-refractivity contribution in [3.05, 3.63) is 0 Å². The van der Waals surface area contributed by atoms with E-state index in [1.54, 1.807) is 0 Å². The Labute approximate surface area is 65.0 Å². The number of nitrogens with two attached hydrogens (primary N) is 2. The van der Waals surface area contributed by atoms with Crippen LogP contribution in [0, 0.1) is 0 Å². The predicted molar refractivity (Wildman–Crippen MR) is 47.9 cm³/mol. The molecule has 10 heavy (non-hydrogen) atoms. The van der Waals surface area contributed by atoms with Crippen LogP contribution >= 0.6 is 0 Å². The summed E-state index contributed by atoms with van der Waals surface area (Å²) < 4.78 is 0. The lowest BCUT2D eigenvalue weighted by atomic mass is 10.2. The Bertz CT molecular complexity index is 40.5. The van der Waals surface area contributed by atoms with Gasteiger partial charge in [-0.25, -0.2) is 0 Å². The van der Waals surface area contributed by atoms with Crippen molar-refractivity contribution in [3.63, 3.8) is 0 Å². The van der Waals surface area contributed by atoms with Gasteiger partial charge in [0, 0.05) is 6.04 Å². The maximum Gasteiger partial charge on any atom is 0.00335 e. The van der Waals surface area contributed by atoms with E-state index in [4.69, 9.17) is 11.5 Å². The first-order chi connectivity index (χ1) is 4.72. The molecule has 0 fully saturated rings. The first kappa shape index (κ1) is 12.6. The van der Waals surface area contributed by atoms with Crippen LogP contribution in [0.4, 0.5) is 0 Å². The van der Waals surface area contributed by atoms with Gasteiger partial charge in [-0.3, -0.25) is 0 Å². The Morgan fingerprint density at radius 2 is 1.40 bits per heavy atom. The lowest BCUT2D eigenvalue weighted by molar-refractivity contribution is 0.629. The molecule has 0 saturated heterocycles. The highest BCUT2D eigenvalue weighted by Crippen LogP contribution is 1.88. The van der Waals surface area contributed by atoms with E-state index in [0.717, 1.165) is 25.8 Å². The van der Waals surface area contributed by atoms with Crippen molar-refractivity contribution in [2.24, 2.45) is 11.5 Å². The third kappa shape index (κ3) is 15.7. The van der Waals surface area contributed by atoms with Crippen LogP contribution in [-0.4, -0.2) is 12.6 Å². The Hall–Kier alpha value is -0.0800. The van der Waals surface area contributed by atoms with E-state index in [9.17, 15) is 0 Å². The minimum absolute atomic E-state index is 0.435. The molecule has 0 unspecified atom stereocenters. The third-order valence-corrected chi connectivity index (χ3v) is 1.34. The van der Waals surface area contributed by atoms with Crippen molar-refractivity contribution in [1.29, 1.82) is 0 Å². The summed E-state index contributed by atoms with van der Waals surface area (Å²) in [6, 6.07) is 0.435. The van der Waals surface area contributed by atoms with Gasteiger partial charge in [0.25, 0.3) is 0 Å². The molecule has 0 bridgehead atoms. The van der Waals surface area contributed by atoms with Gasteiger partial charge in [0.2, 0.25) is 0 Å². The van der Waals surface area contributed by atoms with Crippen molar-refractivity contribution in [2.75, 3.05) is 6.54 Å². The minimum atomic E-state index is 0.435. The molecular weight excluding hydrogens is 124 g/mol. The van der Waals surface area contributed by atoms with E-state index in [0.29, 0.717) is 6.04 Å². The summed E-state index contributed by atoms with van der Waals surface area (Å²) in [4.78, 5) is 0. The SMILES string of the molecule is CCC(N)CC.CCCN. The maximum absolute atomic E-state index is 5.47. The molecule has 0 radical (unpaired) electrons. The zero-order valence-corrected chi connectivity index (χ0v) is 7.56. The molecule has 0 aliphatic heterocycles. The van der Waals surface area contributed by atoms with Crippen molar-refractivity contribution in [2.45, 2.75) is 46.1 Å². The van der Waals surface area contributed by atoms with Crippen LogP contribution in [-0.2, 0) is 0 Å². The van der Waals surface area contributed by atoms with Crippen LogP contribution in [0.25, 0.3) is 0 Å². The number of hydrogen-bond acceptors (Lipinski definition) is 2. The lowest BCUT2D eigenvalue weighted by Crippen LogP contribution is -2.16. The summed E-state index contributed by atoms with van der Waals surface area (Å²) in [5.41, 5.74) is 10.5. The zero-order valence-electron chi connectivity index (χ0n) is 7.56. The predicted octanol–water partition coefficient (Wildman–Crippen LogP) is 1.49. The van der Waals surface area contributed by atoms with Gasteiger partial charge in [0.15, 0.2) is 0 Å². The molecule has 2 nitrogen and oxygen atoms in total. The summed E-state index contributed by atoms with van der Waals surface area (Å²) in [6.45, 7) is 7.09. The van der Waals surface area contributed by atoms with E-state index < -0.39 is 0 Å². The third-order valence-electron chi connectivity index (χ3n) is 1.34. The summed E-state index contributed by atoms with van der Waals surface area (Å²) in [5.74, 6) is 0. The van der Waals surface area contributed by atoms with Crippen LogP contribution in [0.1, 0.15) is 40.0 Å². The molecule has 0 heterocycles. The molecular formula is C8H22N2. The van der Waals surface area contributed by atoms with Crippen molar-refractivity contribution < 1.29 is 0 Å². The second-order valence-corrected chi connectivity index (χ2v) is 2.37. The number of rotatable bonds is 3. The molecule has 0 saturated carbocycles. The minimum Gasteiger partial charge on any atom is -0.330 e. The highest BCUT2D eigenvalue weighted by atomic mass is 14.6. The molecule has 0 spiro atoms. The fraction of sp³-hybridized carbons (Fsp3) is 1.00. The van der Waals surface area contributed by atoms with Crippen LogP contribution in [0.2, 0.25) is 0 Å². The molecule has 0 aliphatic rings. The second kappa shape index (κ2) is 11.7. The van der Waals surface area contributed by atoms with Gasteiger partial charge in [-0.1, -0.05) is 20.8 Å². The maximum atomic E-state index is 5.47. The highest BCUT2D eigenvalue weighted by molar-refractivity contribution is 4.51. The van der Waals surface area contributed by atoms with Crippen molar-refractivity contribution >= 4 is 0 Å². The van der Waals surface area contributed by atoms with Gasteiger partial charge in [0.1, 0.15) is 0 Å². The molecule has 0 aliphatic carbocycles. The summed E-state index contributed by atoms with van der Waals surface area (Å²) in [6.07, 6.45) is 3.31. The van der Waals surface area contributed by atoms with Crippen LogP contribution in [0.15, 0.2) is 0 Å².